The number of hydrogen-bond donors (Lipinski definition) is 2. The fourth-order valence-electron chi connectivity index (χ4n) is 1.92. The Hall–Kier alpha value is -2.40. The van der Waals surface area contributed by atoms with Crippen LogP contribution in [0.3, 0.4) is 0 Å². The molecule has 0 atom stereocenters. The minimum atomic E-state index is -0.289. The summed E-state index contributed by atoms with van der Waals surface area (Å²) in [6.45, 7) is 1.01. The molecule has 5 nitrogen and oxygen atoms in total. The summed E-state index contributed by atoms with van der Waals surface area (Å²) >= 11 is 0. The summed E-state index contributed by atoms with van der Waals surface area (Å²) in [6, 6.07) is 13.9. The van der Waals surface area contributed by atoms with Crippen molar-refractivity contribution in [1.29, 1.82) is 0 Å². The van der Waals surface area contributed by atoms with Crippen LogP contribution in [0.25, 0.3) is 0 Å². The van der Waals surface area contributed by atoms with Crippen LogP contribution < -0.4 is 16.2 Å². The highest BCUT2D eigenvalue weighted by Gasteiger charge is 2.17. The first-order valence-corrected chi connectivity index (χ1v) is 6.48. The third kappa shape index (κ3) is 3.33. The number of nitrogens with two attached hydrogens (primary N) is 1. The molecule has 1 aromatic carbocycles. The molecule has 0 aliphatic rings. The lowest BCUT2D eigenvalue weighted by Gasteiger charge is -2.22. The van der Waals surface area contributed by atoms with Gasteiger partial charge in [-0.1, -0.05) is 24.3 Å². The maximum atomic E-state index is 12.5. The number of aromatic amines is 1. The Bertz CT molecular complexity index is 622. The van der Waals surface area contributed by atoms with Crippen molar-refractivity contribution < 1.29 is 4.79 Å². The first-order chi connectivity index (χ1) is 9.72. The number of anilines is 1. The first kappa shape index (κ1) is 14.0. The van der Waals surface area contributed by atoms with E-state index < -0.39 is 0 Å². The zero-order valence-electron chi connectivity index (χ0n) is 11.1. The van der Waals surface area contributed by atoms with Crippen LogP contribution in [0.4, 0.5) is 5.69 Å². The molecule has 2 aromatic rings. The average molecular weight is 271 g/mol. The van der Waals surface area contributed by atoms with Gasteiger partial charge in [0.1, 0.15) is 5.69 Å². The first-order valence-electron chi connectivity index (χ1n) is 6.48. The van der Waals surface area contributed by atoms with Gasteiger partial charge in [0.25, 0.3) is 5.91 Å². The summed E-state index contributed by atoms with van der Waals surface area (Å²) in [5, 5.41) is 0. The number of nitrogens with one attached hydrogen (secondary N) is 1. The summed E-state index contributed by atoms with van der Waals surface area (Å²) in [5.41, 5.74) is 6.30. The fraction of sp³-hybridized carbons (Fsp3) is 0.200. The van der Waals surface area contributed by atoms with Crippen molar-refractivity contribution in [3.05, 3.63) is 64.6 Å². The Kier molecular flexibility index (Phi) is 4.68. The van der Waals surface area contributed by atoms with E-state index in [1.807, 2.05) is 30.3 Å². The summed E-state index contributed by atoms with van der Waals surface area (Å²) in [7, 11) is 0. The number of hydrogen-bond acceptors (Lipinski definition) is 3. The molecule has 0 fully saturated rings. The molecule has 0 aliphatic heterocycles. The van der Waals surface area contributed by atoms with Crippen LogP contribution in [0, 0.1) is 0 Å². The van der Waals surface area contributed by atoms with E-state index in [1.165, 1.54) is 6.07 Å². The SMILES string of the molecule is NCCCN(C(=O)c1cccc(=O)[nH]1)c1ccccc1. The second-order valence-corrected chi connectivity index (χ2v) is 4.36. The maximum Gasteiger partial charge on any atom is 0.274 e. The molecule has 0 bridgehead atoms. The number of carbonyl (C=O) groups is 1. The number of benzene rings is 1. The molecule has 0 radical (unpaired) electrons. The van der Waals surface area contributed by atoms with Crippen LogP contribution in [0.2, 0.25) is 0 Å². The van der Waals surface area contributed by atoms with Crippen LogP contribution in [0.1, 0.15) is 16.9 Å². The number of rotatable bonds is 5. The quantitative estimate of drug-likeness (QED) is 0.862. The Morgan fingerprint density at radius 3 is 2.50 bits per heavy atom. The van der Waals surface area contributed by atoms with E-state index in [2.05, 4.69) is 4.98 Å². The van der Waals surface area contributed by atoms with Gasteiger partial charge in [0.2, 0.25) is 5.56 Å². The van der Waals surface area contributed by atoms with Gasteiger partial charge in [0.05, 0.1) is 0 Å². The van der Waals surface area contributed by atoms with Gasteiger partial charge in [0.15, 0.2) is 0 Å². The van der Waals surface area contributed by atoms with Gasteiger partial charge >= 0.3 is 0 Å². The van der Waals surface area contributed by atoms with Gasteiger partial charge in [-0.3, -0.25) is 9.59 Å². The van der Waals surface area contributed by atoms with Crippen LogP contribution in [-0.4, -0.2) is 24.0 Å². The summed E-state index contributed by atoms with van der Waals surface area (Å²) in [6.07, 6.45) is 0.692. The van der Waals surface area contributed by atoms with Crippen LogP contribution in [0.15, 0.2) is 53.3 Å². The van der Waals surface area contributed by atoms with E-state index in [0.717, 1.165) is 5.69 Å². The van der Waals surface area contributed by atoms with Gasteiger partial charge < -0.3 is 15.6 Å². The van der Waals surface area contributed by atoms with Crippen molar-refractivity contribution >= 4 is 11.6 Å². The molecule has 0 unspecified atom stereocenters. The number of nitrogens with zero attached hydrogens (tertiary/aromatic N) is 1. The topological polar surface area (TPSA) is 79.2 Å². The van der Waals surface area contributed by atoms with E-state index >= 15 is 0 Å². The van der Waals surface area contributed by atoms with Crippen molar-refractivity contribution in [2.24, 2.45) is 5.73 Å². The lowest BCUT2D eigenvalue weighted by atomic mass is 10.2. The second kappa shape index (κ2) is 6.68. The molecular formula is C15H17N3O2. The lowest BCUT2D eigenvalue weighted by molar-refractivity contribution is 0.0982. The molecule has 2 rings (SSSR count). The van der Waals surface area contributed by atoms with Gasteiger partial charge in [-0.15, -0.1) is 0 Å². The number of aromatic nitrogens is 1. The number of pyridine rings is 1. The molecule has 0 saturated carbocycles. The molecular weight excluding hydrogens is 254 g/mol. The molecule has 3 N–H and O–H groups in total. The number of amides is 1. The minimum absolute atomic E-state index is 0.234. The number of para-hydroxylation sites is 1. The Morgan fingerprint density at radius 2 is 1.85 bits per heavy atom. The molecule has 1 aromatic heterocycles. The van der Waals surface area contributed by atoms with Gasteiger partial charge in [-0.2, -0.15) is 0 Å². The molecule has 104 valence electrons. The highest BCUT2D eigenvalue weighted by Crippen LogP contribution is 2.16. The standard InChI is InChI=1S/C15H17N3O2/c16-10-5-11-18(12-6-2-1-3-7-12)15(20)13-8-4-9-14(19)17-13/h1-4,6-9H,5,10-11,16H2,(H,17,19). The van der Waals surface area contributed by atoms with Gasteiger partial charge in [-0.05, 0) is 31.2 Å². The summed E-state index contributed by atoms with van der Waals surface area (Å²) < 4.78 is 0. The van der Waals surface area contributed by atoms with Crippen molar-refractivity contribution in [1.82, 2.24) is 4.98 Å². The van der Waals surface area contributed by atoms with Crippen LogP contribution >= 0.6 is 0 Å². The predicted octanol–water partition coefficient (Wildman–Crippen LogP) is 1.37. The van der Waals surface area contributed by atoms with Crippen molar-refractivity contribution in [2.45, 2.75) is 6.42 Å². The Labute approximate surface area is 117 Å². The highest BCUT2D eigenvalue weighted by atomic mass is 16.2. The van der Waals surface area contributed by atoms with E-state index in [9.17, 15) is 9.59 Å². The number of H-pyrrole nitrogens is 1. The van der Waals surface area contributed by atoms with Crippen LogP contribution in [-0.2, 0) is 0 Å². The highest BCUT2D eigenvalue weighted by molar-refractivity contribution is 6.04. The third-order valence-corrected chi connectivity index (χ3v) is 2.90. The molecule has 0 aliphatic carbocycles. The second-order valence-electron chi connectivity index (χ2n) is 4.36. The van der Waals surface area contributed by atoms with Crippen molar-refractivity contribution in [2.75, 3.05) is 18.0 Å². The smallest absolute Gasteiger partial charge is 0.274 e. The normalized spacial score (nSPS) is 10.2. The monoisotopic (exact) mass is 271 g/mol. The molecule has 0 spiro atoms. The molecule has 5 heteroatoms. The maximum absolute atomic E-state index is 12.5. The largest absolute Gasteiger partial charge is 0.330 e. The Morgan fingerprint density at radius 1 is 1.10 bits per heavy atom. The minimum Gasteiger partial charge on any atom is -0.330 e. The summed E-state index contributed by atoms with van der Waals surface area (Å²) in [5.74, 6) is -0.234. The zero-order valence-corrected chi connectivity index (χ0v) is 11.1. The van der Waals surface area contributed by atoms with Crippen molar-refractivity contribution in [3.8, 4) is 0 Å². The van der Waals surface area contributed by atoms with E-state index in [4.69, 9.17) is 5.73 Å². The molecule has 1 amide bonds. The van der Waals surface area contributed by atoms with E-state index in [0.29, 0.717) is 19.5 Å². The Balaban J connectivity index is 2.31. The number of carbonyl (C=O) groups excluding carboxylic acids is 1. The van der Waals surface area contributed by atoms with E-state index in [1.54, 1.807) is 17.0 Å². The average Bonchev–Trinajstić information content (AvgIpc) is 2.48. The fourth-order valence-corrected chi connectivity index (χ4v) is 1.92. The lowest BCUT2D eigenvalue weighted by Crippen LogP contribution is -2.34. The molecule has 20 heavy (non-hydrogen) atoms. The van der Waals surface area contributed by atoms with Gasteiger partial charge in [-0.25, -0.2) is 0 Å². The molecule has 1 heterocycles. The van der Waals surface area contributed by atoms with Crippen molar-refractivity contribution in [3.63, 3.8) is 0 Å². The van der Waals surface area contributed by atoms with Gasteiger partial charge in [0, 0.05) is 18.3 Å². The third-order valence-electron chi connectivity index (χ3n) is 2.90. The predicted molar refractivity (Wildman–Crippen MR) is 78.9 cm³/mol. The van der Waals surface area contributed by atoms with E-state index in [-0.39, 0.29) is 17.2 Å². The summed E-state index contributed by atoms with van der Waals surface area (Å²) in [4.78, 5) is 28.0. The van der Waals surface area contributed by atoms with Crippen LogP contribution in [0.5, 0.6) is 0 Å². The molecule has 0 saturated heterocycles. The zero-order chi connectivity index (χ0) is 14.4.